The third kappa shape index (κ3) is 2.99. The van der Waals surface area contributed by atoms with Gasteiger partial charge in [-0.25, -0.2) is 0 Å². The van der Waals surface area contributed by atoms with Gasteiger partial charge in [0.15, 0.2) is 0 Å². The minimum atomic E-state index is 0.230. The van der Waals surface area contributed by atoms with E-state index in [1.165, 1.54) is 5.69 Å². The third-order valence-corrected chi connectivity index (χ3v) is 5.37. The van der Waals surface area contributed by atoms with Crippen molar-refractivity contribution < 1.29 is 4.79 Å². The van der Waals surface area contributed by atoms with Crippen molar-refractivity contribution in [2.45, 2.75) is 6.42 Å². The molecular weight excluding hydrogens is 318 g/mol. The number of fused-ring (bicyclic) bond motifs is 1. The number of anilines is 1. The van der Waals surface area contributed by atoms with E-state index in [9.17, 15) is 4.79 Å². The van der Waals surface area contributed by atoms with Crippen LogP contribution in [-0.4, -0.2) is 42.0 Å². The quantitative estimate of drug-likeness (QED) is 0.736. The van der Waals surface area contributed by atoms with Gasteiger partial charge in [-0.1, -0.05) is 24.3 Å². The number of carbonyl (C=O) groups excluding carboxylic acids is 1. The summed E-state index contributed by atoms with van der Waals surface area (Å²) in [5, 5.41) is 3.18. The highest BCUT2D eigenvalue weighted by Gasteiger charge is 2.22. The maximum absolute atomic E-state index is 12.4. The summed E-state index contributed by atoms with van der Waals surface area (Å²) in [5.74, 6) is 0.230. The first-order chi connectivity index (χ1) is 11.8. The Morgan fingerprint density at radius 1 is 1.04 bits per heavy atom. The van der Waals surface area contributed by atoms with Crippen molar-refractivity contribution in [3.05, 3.63) is 58.9 Å². The number of nitrogens with zero attached hydrogens (tertiary/aromatic N) is 3. The lowest BCUT2D eigenvalue weighted by molar-refractivity contribution is -0.130. The number of pyridine rings is 1. The number of piperazine rings is 1. The summed E-state index contributed by atoms with van der Waals surface area (Å²) >= 11 is 1.65. The van der Waals surface area contributed by atoms with E-state index >= 15 is 0 Å². The molecule has 3 heterocycles. The highest BCUT2D eigenvalue weighted by Crippen LogP contribution is 2.25. The molecule has 0 saturated carbocycles. The van der Waals surface area contributed by atoms with Crippen molar-refractivity contribution in [1.82, 2.24) is 9.88 Å². The lowest BCUT2D eigenvalue weighted by atomic mass is 10.1. The van der Waals surface area contributed by atoms with Crippen LogP contribution in [0.1, 0.15) is 4.88 Å². The molecule has 1 aliphatic heterocycles. The number of amides is 1. The fourth-order valence-electron chi connectivity index (χ4n) is 3.21. The van der Waals surface area contributed by atoms with Crippen molar-refractivity contribution in [3.8, 4) is 0 Å². The van der Waals surface area contributed by atoms with Gasteiger partial charge in [-0.05, 0) is 23.6 Å². The van der Waals surface area contributed by atoms with Crippen LogP contribution in [0.4, 0.5) is 5.69 Å². The largest absolute Gasteiger partial charge is 0.366 e. The second-order valence-corrected chi connectivity index (χ2v) is 7.01. The topological polar surface area (TPSA) is 36.4 Å². The molecule has 1 fully saturated rings. The maximum atomic E-state index is 12.4. The summed E-state index contributed by atoms with van der Waals surface area (Å²) in [4.78, 5) is 22.4. The van der Waals surface area contributed by atoms with E-state index in [1.807, 2.05) is 34.7 Å². The Hall–Kier alpha value is -2.40. The maximum Gasteiger partial charge on any atom is 0.227 e. The summed E-state index contributed by atoms with van der Waals surface area (Å²) in [6, 6.07) is 14.4. The van der Waals surface area contributed by atoms with Gasteiger partial charge >= 0.3 is 0 Å². The van der Waals surface area contributed by atoms with Gasteiger partial charge in [-0.3, -0.25) is 9.78 Å². The normalized spacial score (nSPS) is 15.0. The molecule has 0 bridgehead atoms. The molecule has 1 aliphatic rings. The summed E-state index contributed by atoms with van der Waals surface area (Å²) in [7, 11) is 0. The zero-order valence-electron chi connectivity index (χ0n) is 13.4. The molecule has 0 radical (unpaired) electrons. The number of hydrogen-bond acceptors (Lipinski definition) is 4. The van der Waals surface area contributed by atoms with Gasteiger partial charge in [-0.15, -0.1) is 11.3 Å². The standard InChI is InChI=1S/C19H19N3OS/c23-18(14-16-6-3-13-24-16)22-11-9-21(10-12-22)17-7-1-4-15-5-2-8-20-19(15)17/h1-8,13H,9-12,14H2. The Bertz CT molecular complexity index is 833. The summed E-state index contributed by atoms with van der Waals surface area (Å²) < 4.78 is 0. The lowest BCUT2D eigenvalue weighted by Gasteiger charge is -2.36. The summed E-state index contributed by atoms with van der Waals surface area (Å²) in [5.41, 5.74) is 2.21. The van der Waals surface area contributed by atoms with Crippen LogP contribution in [0.2, 0.25) is 0 Å². The van der Waals surface area contributed by atoms with E-state index in [0.29, 0.717) is 6.42 Å². The van der Waals surface area contributed by atoms with Gasteiger partial charge in [0.1, 0.15) is 0 Å². The van der Waals surface area contributed by atoms with Crippen molar-refractivity contribution in [3.63, 3.8) is 0 Å². The summed E-state index contributed by atoms with van der Waals surface area (Å²) in [6.45, 7) is 3.25. The molecule has 0 spiro atoms. The SMILES string of the molecule is O=C(Cc1cccs1)N1CCN(c2cccc3cccnc23)CC1. The van der Waals surface area contributed by atoms with E-state index in [4.69, 9.17) is 0 Å². The molecule has 1 amide bonds. The van der Waals surface area contributed by atoms with E-state index in [-0.39, 0.29) is 5.91 Å². The van der Waals surface area contributed by atoms with Gasteiger partial charge in [0.2, 0.25) is 5.91 Å². The highest BCUT2D eigenvalue weighted by atomic mass is 32.1. The molecule has 122 valence electrons. The predicted molar refractivity (Wildman–Crippen MR) is 98.6 cm³/mol. The fraction of sp³-hybridized carbons (Fsp3) is 0.263. The molecule has 4 nitrogen and oxygen atoms in total. The molecule has 1 aromatic carbocycles. The second kappa shape index (κ2) is 6.61. The Kier molecular flexibility index (Phi) is 4.17. The van der Waals surface area contributed by atoms with E-state index in [1.54, 1.807) is 11.3 Å². The van der Waals surface area contributed by atoms with Gasteiger partial charge in [-0.2, -0.15) is 0 Å². The average Bonchev–Trinajstić information content (AvgIpc) is 3.14. The molecule has 2 aromatic heterocycles. The number of carbonyl (C=O) groups is 1. The van der Waals surface area contributed by atoms with Crippen LogP contribution in [0.5, 0.6) is 0 Å². The molecule has 0 N–H and O–H groups in total. The van der Waals surface area contributed by atoms with Gasteiger partial charge < -0.3 is 9.80 Å². The summed E-state index contributed by atoms with van der Waals surface area (Å²) in [6.07, 6.45) is 2.36. The van der Waals surface area contributed by atoms with Crippen molar-refractivity contribution in [2.75, 3.05) is 31.1 Å². The zero-order chi connectivity index (χ0) is 16.4. The third-order valence-electron chi connectivity index (χ3n) is 4.49. The van der Waals surface area contributed by atoms with Crippen molar-refractivity contribution in [1.29, 1.82) is 0 Å². The number of rotatable bonds is 3. The number of hydrogen-bond donors (Lipinski definition) is 0. The highest BCUT2D eigenvalue weighted by molar-refractivity contribution is 7.10. The number of para-hydroxylation sites is 1. The van der Waals surface area contributed by atoms with Gasteiger partial charge in [0, 0.05) is 42.6 Å². The molecule has 24 heavy (non-hydrogen) atoms. The average molecular weight is 337 g/mol. The molecule has 0 unspecified atom stereocenters. The number of thiophene rings is 1. The first kappa shape index (κ1) is 15.1. The van der Waals surface area contributed by atoms with Crippen LogP contribution in [0.3, 0.4) is 0 Å². The van der Waals surface area contributed by atoms with Gasteiger partial charge in [0.25, 0.3) is 0 Å². The molecule has 3 aromatic rings. The predicted octanol–water partition coefficient (Wildman–Crippen LogP) is 3.19. The first-order valence-electron chi connectivity index (χ1n) is 8.20. The first-order valence-corrected chi connectivity index (χ1v) is 9.08. The van der Waals surface area contributed by atoms with E-state index in [0.717, 1.165) is 42.0 Å². The monoisotopic (exact) mass is 337 g/mol. The van der Waals surface area contributed by atoms with E-state index in [2.05, 4.69) is 34.1 Å². The van der Waals surface area contributed by atoms with Crippen LogP contribution < -0.4 is 4.90 Å². The fourth-order valence-corrected chi connectivity index (χ4v) is 3.91. The molecule has 1 saturated heterocycles. The lowest BCUT2D eigenvalue weighted by Crippen LogP contribution is -2.49. The Labute approximate surface area is 145 Å². The minimum absolute atomic E-state index is 0.230. The minimum Gasteiger partial charge on any atom is -0.366 e. The van der Waals surface area contributed by atoms with Crippen molar-refractivity contribution in [2.24, 2.45) is 0 Å². The Morgan fingerprint density at radius 2 is 1.88 bits per heavy atom. The number of benzene rings is 1. The number of aromatic nitrogens is 1. The van der Waals surface area contributed by atoms with Crippen LogP contribution in [0.15, 0.2) is 54.0 Å². The Balaban J connectivity index is 1.45. The van der Waals surface area contributed by atoms with Gasteiger partial charge in [0.05, 0.1) is 17.6 Å². The van der Waals surface area contributed by atoms with Crippen LogP contribution in [-0.2, 0) is 11.2 Å². The zero-order valence-corrected chi connectivity index (χ0v) is 14.2. The smallest absolute Gasteiger partial charge is 0.227 e. The Morgan fingerprint density at radius 3 is 2.67 bits per heavy atom. The van der Waals surface area contributed by atoms with Crippen LogP contribution >= 0.6 is 11.3 Å². The molecular formula is C19H19N3OS. The molecule has 0 atom stereocenters. The van der Waals surface area contributed by atoms with Crippen LogP contribution in [0, 0.1) is 0 Å². The molecule has 5 heteroatoms. The van der Waals surface area contributed by atoms with Crippen LogP contribution in [0.25, 0.3) is 10.9 Å². The van der Waals surface area contributed by atoms with Crippen molar-refractivity contribution >= 4 is 33.8 Å². The molecule has 4 rings (SSSR count). The van der Waals surface area contributed by atoms with E-state index < -0.39 is 0 Å². The molecule has 0 aliphatic carbocycles. The second-order valence-electron chi connectivity index (χ2n) is 5.98.